The Hall–Kier alpha value is -2.81. The van der Waals surface area contributed by atoms with Gasteiger partial charge in [-0.15, -0.1) is 10.2 Å². The largest absolute Gasteiger partial charge is 0.329 e. The summed E-state index contributed by atoms with van der Waals surface area (Å²) in [4.78, 5) is 37.1. The van der Waals surface area contributed by atoms with Crippen molar-refractivity contribution >= 4 is 34.3 Å². The van der Waals surface area contributed by atoms with E-state index in [1.54, 1.807) is 24.3 Å². The fourth-order valence-electron chi connectivity index (χ4n) is 3.58. The highest BCUT2D eigenvalue weighted by atomic mass is 32.1. The maximum Gasteiger partial charge on any atom is 0.324 e. The predicted molar refractivity (Wildman–Crippen MR) is 104 cm³/mol. The van der Waals surface area contributed by atoms with Gasteiger partial charge in [-0.3, -0.25) is 19.8 Å². The Kier molecular flexibility index (Phi) is 5.34. The highest BCUT2D eigenvalue weighted by Gasteiger charge is 2.28. The van der Waals surface area contributed by atoms with Crippen molar-refractivity contribution in [1.29, 1.82) is 0 Å². The summed E-state index contributed by atoms with van der Waals surface area (Å²) >= 11 is 1.43. The zero-order chi connectivity index (χ0) is 19.5. The van der Waals surface area contributed by atoms with Crippen LogP contribution in [-0.4, -0.2) is 39.5 Å². The van der Waals surface area contributed by atoms with E-state index < -0.39 is 6.03 Å². The van der Waals surface area contributed by atoms with Gasteiger partial charge in [-0.2, -0.15) is 0 Å². The summed E-state index contributed by atoms with van der Waals surface area (Å²) < 4.78 is 0. The van der Waals surface area contributed by atoms with Crippen LogP contribution >= 0.6 is 11.3 Å². The fraction of sp³-hybridized carbons (Fsp3) is 0.421. The molecule has 2 aliphatic rings. The van der Waals surface area contributed by atoms with Crippen LogP contribution in [0.25, 0.3) is 0 Å². The third kappa shape index (κ3) is 4.04. The molecule has 2 heterocycles. The number of benzene rings is 1. The van der Waals surface area contributed by atoms with Crippen molar-refractivity contribution in [2.75, 3.05) is 11.9 Å². The van der Waals surface area contributed by atoms with Crippen molar-refractivity contribution in [2.24, 2.45) is 0 Å². The van der Waals surface area contributed by atoms with Crippen LogP contribution in [0.5, 0.6) is 0 Å². The number of nitrogens with one attached hydrogen (secondary N) is 2. The zero-order valence-electron chi connectivity index (χ0n) is 15.3. The Morgan fingerprint density at radius 2 is 2.04 bits per heavy atom. The normalized spacial score (nSPS) is 17.6. The standard InChI is InChI=1S/C19H21N5O3S/c25-15-10-20-19(27)24(15)11-12-5-4-8-14(9-12)16(26)21-18-23-22-17(28-18)13-6-2-1-3-7-13/h4-5,8-9,13H,1-3,6-7,10-11H2,(H,20,27)(H,21,23,26). The van der Waals surface area contributed by atoms with Crippen molar-refractivity contribution in [3.8, 4) is 0 Å². The molecule has 1 aliphatic heterocycles. The molecule has 2 fully saturated rings. The maximum absolute atomic E-state index is 12.6. The molecule has 1 aliphatic carbocycles. The Morgan fingerprint density at radius 1 is 1.21 bits per heavy atom. The number of urea groups is 1. The lowest BCUT2D eigenvalue weighted by molar-refractivity contribution is -0.125. The molecular formula is C19H21N5O3S. The summed E-state index contributed by atoms with van der Waals surface area (Å²) in [6.45, 7) is 0.149. The summed E-state index contributed by atoms with van der Waals surface area (Å²) in [6, 6.07) is 6.47. The minimum atomic E-state index is -0.413. The first-order valence-electron chi connectivity index (χ1n) is 9.42. The quantitative estimate of drug-likeness (QED) is 0.753. The van der Waals surface area contributed by atoms with E-state index in [0.29, 0.717) is 22.2 Å². The van der Waals surface area contributed by atoms with Gasteiger partial charge in [-0.1, -0.05) is 42.7 Å². The monoisotopic (exact) mass is 399 g/mol. The molecule has 28 heavy (non-hydrogen) atoms. The van der Waals surface area contributed by atoms with Gasteiger partial charge in [0, 0.05) is 11.5 Å². The van der Waals surface area contributed by atoms with E-state index in [-0.39, 0.29) is 24.9 Å². The number of aromatic nitrogens is 2. The van der Waals surface area contributed by atoms with E-state index in [1.807, 2.05) is 0 Å². The first-order valence-corrected chi connectivity index (χ1v) is 10.2. The number of anilines is 1. The summed E-state index contributed by atoms with van der Waals surface area (Å²) in [5, 5.41) is 15.1. The Labute approximate surface area is 166 Å². The minimum Gasteiger partial charge on any atom is -0.329 e. The van der Waals surface area contributed by atoms with Crippen molar-refractivity contribution in [3.63, 3.8) is 0 Å². The van der Waals surface area contributed by atoms with Crippen LogP contribution in [0.1, 0.15) is 59.0 Å². The second-order valence-electron chi connectivity index (χ2n) is 7.07. The molecule has 1 aromatic heterocycles. The lowest BCUT2D eigenvalue weighted by atomic mass is 9.90. The van der Waals surface area contributed by atoms with Gasteiger partial charge in [0.1, 0.15) is 5.01 Å². The highest BCUT2D eigenvalue weighted by molar-refractivity contribution is 7.15. The Bertz CT molecular complexity index is 890. The van der Waals surface area contributed by atoms with Crippen LogP contribution in [-0.2, 0) is 11.3 Å². The van der Waals surface area contributed by atoms with Gasteiger partial charge in [-0.05, 0) is 30.5 Å². The average molecular weight is 399 g/mol. The van der Waals surface area contributed by atoms with Gasteiger partial charge in [0.25, 0.3) is 5.91 Å². The molecular weight excluding hydrogens is 378 g/mol. The van der Waals surface area contributed by atoms with Crippen LogP contribution < -0.4 is 10.6 Å². The molecule has 4 amide bonds. The van der Waals surface area contributed by atoms with Gasteiger partial charge in [0.2, 0.25) is 11.0 Å². The molecule has 9 heteroatoms. The third-order valence-electron chi connectivity index (χ3n) is 5.08. The van der Waals surface area contributed by atoms with Gasteiger partial charge < -0.3 is 5.32 Å². The molecule has 2 N–H and O–H groups in total. The summed E-state index contributed by atoms with van der Waals surface area (Å²) in [5.74, 6) is -0.112. The molecule has 0 bridgehead atoms. The van der Waals surface area contributed by atoms with E-state index in [4.69, 9.17) is 0 Å². The van der Waals surface area contributed by atoms with E-state index >= 15 is 0 Å². The molecule has 0 spiro atoms. The number of hydrogen-bond acceptors (Lipinski definition) is 6. The number of nitrogens with zero attached hydrogens (tertiary/aromatic N) is 3. The van der Waals surface area contributed by atoms with E-state index in [9.17, 15) is 14.4 Å². The molecule has 1 aromatic carbocycles. The fourth-order valence-corrected chi connectivity index (χ4v) is 4.49. The second kappa shape index (κ2) is 8.05. The average Bonchev–Trinajstić information content (AvgIpc) is 3.31. The molecule has 0 radical (unpaired) electrons. The van der Waals surface area contributed by atoms with Crippen molar-refractivity contribution in [1.82, 2.24) is 20.4 Å². The predicted octanol–water partition coefficient (Wildman–Crippen LogP) is 2.89. The second-order valence-corrected chi connectivity index (χ2v) is 8.08. The van der Waals surface area contributed by atoms with Gasteiger partial charge in [0.15, 0.2) is 0 Å². The lowest BCUT2D eigenvalue weighted by Crippen LogP contribution is -2.30. The van der Waals surface area contributed by atoms with Crippen molar-refractivity contribution in [2.45, 2.75) is 44.6 Å². The topological polar surface area (TPSA) is 104 Å². The number of rotatable bonds is 5. The molecule has 8 nitrogen and oxygen atoms in total. The number of carbonyl (C=O) groups is 3. The Balaban J connectivity index is 1.41. The van der Waals surface area contributed by atoms with Crippen LogP contribution in [0.4, 0.5) is 9.93 Å². The van der Waals surface area contributed by atoms with Crippen LogP contribution in [0.2, 0.25) is 0 Å². The molecule has 146 valence electrons. The maximum atomic E-state index is 12.6. The van der Waals surface area contributed by atoms with Gasteiger partial charge >= 0.3 is 6.03 Å². The zero-order valence-corrected chi connectivity index (χ0v) is 16.1. The van der Waals surface area contributed by atoms with E-state index in [0.717, 1.165) is 22.7 Å². The molecule has 1 saturated carbocycles. The number of carbonyl (C=O) groups excluding carboxylic acids is 3. The smallest absolute Gasteiger partial charge is 0.324 e. The van der Waals surface area contributed by atoms with E-state index in [1.165, 1.54) is 30.6 Å². The van der Waals surface area contributed by atoms with Crippen molar-refractivity contribution in [3.05, 3.63) is 40.4 Å². The third-order valence-corrected chi connectivity index (χ3v) is 6.08. The first kappa shape index (κ1) is 18.5. The van der Waals surface area contributed by atoms with Crippen LogP contribution in [0.15, 0.2) is 24.3 Å². The highest BCUT2D eigenvalue weighted by Crippen LogP contribution is 2.35. The van der Waals surface area contributed by atoms with Gasteiger partial charge in [0.05, 0.1) is 13.1 Å². The number of hydrogen-bond donors (Lipinski definition) is 2. The Morgan fingerprint density at radius 3 is 2.79 bits per heavy atom. The molecule has 2 aromatic rings. The lowest BCUT2D eigenvalue weighted by Gasteiger charge is -2.18. The minimum absolute atomic E-state index is 0.0133. The molecule has 1 saturated heterocycles. The van der Waals surface area contributed by atoms with E-state index in [2.05, 4.69) is 20.8 Å². The number of amides is 4. The van der Waals surface area contributed by atoms with Crippen LogP contribution in [0.3, 0.4) is 0 Å². The SMILES string of the molecule is O=C(Nc1nnc(C2CCCCC2)s1)c1cccc(CN2C(=O)CNC2=O)c1. The summed E-state index contributed by atoms with van der Waals surface area (Å²) in [6.07, 6.45) is 5.98. The summed E-state index contributed by atoms with van der Waals surface area (Å²) in [7, 11) is 0. The molecule has 4 rings (SSSR count). The first-order chi connectivity index (χ1) is 13.6. The molecule has 0 atom stereocenters. The molecule has 0 unspecified atom stereocenters. The van der Waals surface area contributed by atoms with Gasteiger partial charge in [-0.25, -0.2) is 4.79 Å². The summed E-state index contributed by atoms with van der Waals surface area (Å²) in [5.41, 5.74) is 1.15. The van der Waals surface area contributed by atoms with Crippen molar-refractivity contribution < 1.29 is 14.4 Å². The van der Waals surface area contributed by atoms with Crippen LogP contribution in [0, 0.1) is 0 Å². The number of imide groups is 1.